The van der Waals surface area contributed by atoms with Gasteiger partial charge in [-0.05, 0) is 48.5 Å². The summed E-state index contributed by atoms with van der Waals surface area (Å²) < 4.78 is 26.8. The summed E-state index contributed by atoms with van der Waals surface area (Å²) in [5.74, 6) is -18.2. The van der Waals surface area contributed by atoms with Crippen molar-refractivity contribution < 1.29 is 109 Å². The van der Waals surface area contributed by atoms with E-state index in [1.807, 2.05) is 0 Å². The van der Waals surface area contributed by atoms with Gasteiger partial charge in [-0.25, -0.2) is 19.2 Å². The summed E-state index contributed by atoms with van der Waals surface area (Å²) in [7, 11) is 0. The Morgan fingerprint density at radius 1 is 0.429 bits per heavy atom. The molecule has 1 heterocycles. The number of rotatable bonds is 9. The summed E-state index contributed by atoms with van der Waals surface area (Å²) >= 11 is 0. The Bertz CT molecular complexity index is 2140. The van der Waals surface area contributed by atoms with Crippen LogP contribution >= 0.6 is 0 Å². The first-order valence-electron chi connectivity index (χ1n) is 15.4. The fourth-order valence-electron chi connectivity index (χ4n) is 5.14. The van der Waals surface area contributed by atoms with Crippen LogP contribution in [0, 0.1) is 0 Å². The molecular weight excluding hydrogens is 760 g/mol. The highest BCUT2D eigenvalue weighted by Crippen LogP contribution is 2.40. The molecule has 22 heteroatoms. The molecule has 0 aliphatic carbocycles. The zero-order valence-corrected chi connectivity index (χ0v) is 27.7. The topological polar surface area (TPSA) is 377 Å². The van der Waals surface area contributed by atoms with Crippen molar-refractivity contribution in [1.82, 2.24) is 0 Å². The number of aromatic hydroxyl groups is 12. The molecule has 5 rings (SSSR count). The Hall–Kier alpha value is -7.72. The molecule has 4 aromatic rings. The van der Waals surface area contributed by atoms with E-state index in [2.05, 4.69) is 0 Å². The van der Waals surface area contributed by atoms with Crippen LogP contribution in [-0.4, -0.2) is 128 Å². The minimum absolute atomic E-state index is 0.570. The van der Waals surface area contributed by atoms with Gasteiger partial charge in [0, 0.05) is 0 Å². The van der Waals surface area contributed by atoms with Crippen LogP contribution in [0.4, 0.5) is 0 Å². The lowest BCUT2D eigenvalue weighted by atomic mass is 9.97. The van der Waals surface area contributed by atoms with E-state index in [0.717, 1.165) is 0 Å². The number of esters is 4. The fourth-order valence-corrected chi connectivity index (χ4v) is 5.14. The lowest BCUT2D eigenvalue weighted by Gasteiger charge is -2.42. The van der Waals surface area contributed by atoms with Gasteiger partial charge in [-0.15, -0.1) is 0 Å². The van der Waals surface area contributed by atoms with Gasteiger partial charge in [-0.3, -0.25) is 0 Å². The predicted octanol–water partition coefficient (Wildman–Crippen LogP) is 0.705. The maximum atomic E-state index is 13.5. The fraction of sp³-hybridized carbons (Fsp3) is 0.176. The second-order valence-corrected chi connectivity index (χ2v) is 11.7. The van der Waals surface area contributed by atoms with Crippen LogP contribution in [0.3, 0.4) is 0 Å². The molecule has 0 saturated carbocycles. The van der Waals surface area contributed by atoms with Crippen LogP contribution in [0.2, 0.25) is 0 Å². The number of carbonyl (C=O) groups excluding carboxylic acids is 4. The van der Waals surface area contributed by atoms with Crippen molar-refractivity contribution >= 4 is 23.9 Å². The molecule has 1 saturated heterocycles. The van der Waals surface area contributed by atoms with E-state index in [1.165, 1.54) is 0 Å². The standard InChI is InChI=1S/C34H28O22/c35-14-1-10(2-15(36)23(14)43)30(47)52-9-22-27(54-31(48)11-3-16(37)24(44)17(38)4-11)28(55-32(49)12-5-18(39)25(45)19(40)6-12)29(34(51)53-22)56-33(50)13-7-20(41)26(46)21(42)8-13/h1-8,22,27-29,34-46,51H,9H2/t22-,27-,28+,29-,34?/m1/s1. The molecule has 1 aliphatic heterocycles. The van der Waals surface area contributed by atoms with Gasteiger partial charge < -0.3 is 90.1 Å². The lowest BCUT2D eigenvalue weighted by molar-refractivity contribution is -0.284. The summed E-state index contributed by atoms with van der Waals surface area (Å²) in [5.41, 5.74) is -2.68. The SMILES string of the molecule is O=C(OC[C@H]1OC(O)[C@H](OC(=O)c2cc(O)c(O)c(O)c2)[C@@H](OC(=O)c2cc(O)c(O)c(O)c2)[C@@H]1OC(=O)c1cc(O)c(O)c(O)c1)c1cc(O)c(O)c(O)c1. The normalized spacial score (nSPS) is 19.1. The molecular formula is C34H28O22. The first-order valence-corrected chi connectivity index (χ1v) is 15.4. The van der Waals surface area contributed by atoms with Crippen molar-refractivity contribution in [1.29, 1.82) is 0 Å². The molecule has 0 spiro atoms. The number of hydrogen-bond donors (Lipinski definition) is 13. The zero-order chi connectivity index (χ0) is 41.3. The van der Waals surface area contributed by atoms with E-state index in [4.69, 9.17) is 23.7 Å². The second kappa shape index (κ2) is 15.3. The molecule has 0 radical (unpaired) electrons. The largest absolute Gasteiger partial charge is 0.504 e. The lowest BCUT2D eigenvalue weighted by Crippen LogP contribution is -2.62. The van der Waals surface area contributed by atoms with Gasteiger partial charge in [0.25, 0.3) is 0 Å². The Balaban J connectivity index is 1.57. The Morgan fingerprint density at radius 3 is 1.02 bits per heavy atom. The van der Waals surface area contributed by atoms with Crippen LogP contribution in [0.25, 0.3) is 0 Å². The van der Waals surface area contributed by atoms with Gasteiger partial charge in [0.15, 0.2) is 93.6 Å². The highest BCUT2D eigenvalue weighted by atomic mass is 16.7. The molecule has 1 fully saturated rings. The number of aliphatic hydroxyl groups excluding tert-OH is 1. The third-order valence-corrected chi connectivity index (χ3v) is 7.94. The van der Waals surface area contributed by atoms with E-state index in [-0.39, 0.29) is 0 Å². The predicted molar refractivity (Wildman–Crippen MR) is 175 cm³/mol. The average molecular weight is 789 g/mol. The van der Waals surface area contributed by atoms with Crippen molar-refractivity contribution in [2.75, 3.05) is 6.61 Å². The molecule has 1 aliphatic rings. The van der Waals surface area contributed by atoms with Gasteiger partial charge in [0.1, 0.15) is 12.7 Å². The van der Waals surface area contributed by atoms with Crippen molar-refractivity contribution in [2.24, 2.45) is 0 Å². The third kappa shape index (κ3) is 7.95. The highest BCUT2D eigenvalue weighted by Gasteiger charge is 2.53. The highest BCUT2D eigenvalue weighted by molar-refractivity contribution is 5.93. The van der Waals surface area contributed by atoms with Crippen molar-refractivity contribution in [3.63, 3.8) is 0 Å². The maximum absolute atomic E-state index is 13.5. The zero-order valence-electron chi connectivity index (χ0n) is 27.7. The third-order valence-electron chi connectivity index (χ3n) is 7.94. The van der Waals surface area contributed by atoms with Gasteiger partial charge in [0.2, 0.25) is 0 Å². The minimum Gasteiger partial charge on any atom is -0.504 e. The van der Waals surface area contributed by atoms with Gasteiger partial charge in [-0.2, -0.15) is 0 Å². The molecule has 4 aromatic carbocycles. The summed E-state index contributed by atoms with van der Waals surface area (Å²) in [6.45, 7) is -1.09. The molecule has 5 atom stereocenters. The summed E-state index contributed by atoms with van der Waals surface area (Å²) in [6.07, 6.45) is -11.2. The summed E-state index contributed by atoms with van der Waals surface area (Å²) in [5, 5.41) is 129. The second-order valence-electron chi connectivity index (χ2n) is 11.7. The van der Waals surface area contributed by atoms with E-state index >= 15 is 0 Å². The molecule has 296 valence electrons. The van der Waals surface area contributed by atoms with Gasteiger partial charge in [0.05, 0.1) is 22.3 Å². The molecule has 56 heavy (non-hydrogen) atoms. The van der Waals surface area contributed by atoms with Crippen LogP contribution < -0.4 is 0 Å². The molecule has 0 bridgehead atoms. The first kappa shape index (κ1) is 39.5. The van der Waals surface area contributed by atoms with E-state index in [1.54, 1.807) is 0 Å². The van der Waals surface area contributed by atoms with Crippen LogP contribution in [-0.2, 0) is 23.7 Å². The van der Waals surface area contributed by atoms with Gasteiger partial charge in [-0.1, -0.05) is 0 Å². The van der Waals surface area contributed by atoms with Crippen molar-refractivity contribution in [3.05, 3.63) is 70.8 Å². The van der Waals surface area contributed by atoms with Crippen molar-refractivity contribution in [3.8, 4) is 69.0 Å². The van der Waals surface area contributed by atoms with Crippen LogP contribution in [0.15, 0.2) is 48.5 Å². The van der Waals surface area contributed by atoms with E-state index in [0.29, 0.717) is 48.5 Å². The number of carbonyl (C=O) groups is 4. The number of aliphatic hydroxyl groups is 1. The summed E-state index contributed by atoms with van der Waals surface area (Å²) in [6, 6.07) is 4.99. The Morgan fingerprint density at radius 2 is 0.696 bits per heavy atom. The number of phenolic OH excluding ortho intramolecular Hbond substituents is 12. The van der Waals surface area contributed by atoms with E-state index < -0.39 is 152 Å². The smallest absolute Gasteiger partial charge is 0.339 e. The molecule has 0 amide bonds. The number of ether oxygens (including phenoxy) is 5. The summed E-state index contributed by atoms with van der Waals surface area (Å²) in [4.78, 5) is 53.1. The molecule has 1 unspecified atom stereocenters. The van der Waals surface area contributed by atoms with Gasteiger partial charge >= 0.3 is 23.9 Å². The van der Waals surface area contributed by atoms with Crippen LogP contribution in [0.5, 0.6) is 69.0 Å². The Labute approximate surface area is 310 Å². The van der Waals surface area contributed by atoms with E-state index in [9.17, 15) is 85.6 Å². The molecule has 0 aromatic heterocycles. The van der Waals surface area contributed by atoms with Crippen LogP contribution in [0.1, 0.15) is 41.4 Å². The maximum Gasteiger partial charge on any atom is 0.339 e. The Kier molecular flexibility index (Phi) is 10.8. The monoisotopic (exact) mass is 788 g/mol. The van der Waals surface area contributed by atoms with Crippen molar-refractivity contribution in [2.45, 2.75) is 30.7 Å². The number of hydrogen-bond acceptors (Lipinski definition) is 22. The minimum atomic E-state index is -2.43. The quantitative estimate of drug-likeness (QED) is 0.0630. The molecule has 22 nitrogen and oxygen atoms in total. The number of phenols is 12. The average Bonchev–Trinajstić information content (AvgIpc) is 3.14. The first-order chi connectivity index (χ1) is 26.3. The number of benzene rings is 4. The molecule has 13 N–H and O–H groups in total.